The molecule has 116 valence electrons. The number of amides is 2. The average molecular weight is 302 g/mol. The molecule has 0 heterocycles. The van der Waals surface area contributed by atoms with Crippen LogP contribution in [0.15, 0.2) is 0 Å². The second kappa shape index (κ2) is 8.39. The van der Waals surface area contributed by atoms with Gasteiger partial charge in [0.05, 0.1) is 0 Å². The van der Waals surface area contributed by atoms with Gasteiger partial charge in [-0.05, 0) is 25.5 Å². The Kier molecular flexibility index (Phi) is 7.19. The van der Waals surface area contributed by atoms with E-state index >= 15 is 0 Å². The molecule has 0 aromatic carbocycles. The SMILES string of the molecule is CCC[C@@H](NC(=O)NCC1(SC)CCCCC1)C(=O)O. The smallest absolute Gasteiger partial charge is 0.326 e. The van der Waals surface area contributed by atoms with Gasteiger partial charge in [-0.15, -0.1) is 0 Å². The molecule has 0 aromatic rings. The summed E-state index contributed by atoms with van der Waals surface area (Å²) in [5.41, 5.74) is 0. The van der Waals surface area contributed by atoms with Gasteiger partial charge in [0.15, 0.2) is 0 Å². The Morgan fingerprint density at radius 2 is 1.95 bits per heavy atom. The van der Waals surface area contributed by atoms with Crippen molar-refractivity contribution in [2.24, 2.45) is 0 Å². The minimum Gasteiger partial charge on any atom is -0.480 e. The summed E-state index contributed by atoms with van der Waals surface area (Å²) in [6, 6.07) is -1.17. The van der Waals surface area contributed by atoms with E-state index in [2.05, 4.69) is 16.9 Å². The van der Waals surface area contributed by atoms with Gasteiger partial charge in [0, 0.05) is 11.3 Å². The summed E-state index contributed by atoms with van der Waals surface area (Å²) in [7, 11) is 0. The van der Waals surface area contributed by atoms with E-state index in [0.717, 1.165) is 19.3 Å². The van der Waals surface area contributed by atoms with Crippen molar-refractivity contribution < 1.29 is 14.7 Å². The van der Waals surface area contributed by atoms with E-state index in [1.165, 1.54) is 19.3 Å². The number of rotatable bonds is 7. The van der Waals surface area contributed by atoms with Crippen molar-refractivity contribution in [3.63, 3.8) is 0 Å². The second-order valence-corrected chi connectivity index (χ2v) is 6.73. The Morgan fingerprint density at radius 1 is 1.30 bits per heavy atom. The fourth-order valence-corrected chi connectivity index (χ4v) is 3.56. The highest BCUT2D eigenvalue weighted by molar-refractivity contribution is 8.00. The molecule has 1 aliphatic carbocycles. The number of thioether (sulfide) groups is 1. The summed E-state index contributed by atoms with van der Waals surface area (Å²) in [6.45, 7) is 2.51. The van der Waals surface area contributed by atoms with E-state index in [4.69, 9.17) is 5.11 Å². The van der Waals surface area contributed by atoms with Crippen molar-refractivity contribution >= 4 is 23.8 Å². The molecule has 0 aliphatic heterocycles. The highest BCUT2D eigenvalue weighted by atomic mass is 32.2. The third kappa shape index (κ3) is 5.23. The molecule has 0 radical (unpaired) electrons. The molecule has 1 rings (SSSR count). The third-order valence-corrected chi connectivity index (χ3v) is 5.37. The predicted octanol–water partition coefficient (Wildman–Crippen LogP) is 2.60. The summed E-state index contributed by atoms with van der Waals surface area (Å²) in [6.07, 6.45) is 9.18. The minimum atomic E-state index is -0.973. The predicted molar refractivity (Wildman–Crippen MR) is 82.2 cm³/mol. The molecule has 20 heavy (non-hydrogen) atoms. The van der Waals surface area contributed by atoms with Gasteiger partial charge < -0.3 is 15.7 Å². The van der Waals surface area contributed by atoms with Gasteiger partial charge in [-0.2, -0.15) is 11.8 Å². The van der Waals surface area contributed by atoms with Crippen LogP contribution in [0.4, 0.5) is 4.79 Å². The molecule has 1 atom stereocenters. The van der Waals surface area contributed by atoms with E-state index in [-0.39, 0.29) is 10.8 Å². The first-order chi connectivity index (χ1) is 9.53. The number of hydrogen-bond donors (Lipinski definition) is 3. The van der Waals surface area contributed by atoms with Crippen LogP contribution in [-0.2, 0) is 4.79 Å². The van der Waals surface area contributed by atoms with E-state index in [9.17, 15) is 9.59 Å². The van der Waals surface area contributed by atoms with Gasteiger partial charge in [-0.3, -0.25) is 0 Å². The van der Waals surface area contributed by atoms with E-state index < -0.39 is 12.0 Å². The maximum absolute atomic E-state index is 11.8. The number of aliphatic carboxylic acids is 1. The molecule has 3 N–H and O–H groups in total. The van der Waals surface area contributed by atoms with Crippen molar-refractivity contribution in [1.29, 1.82) is 0 Å². The van der Waals surface area contributed by atoms with Crippen LogP contribution < -0.4 is 10.6 Å². The van der Waals surface area contributed by atoms with Crippen molar-refractivity contribution in [2.75, 3.05) is 12.8 Å². The van der Waals surface area contributed by atoms with Gasteiger partial charge in [-0.1, -0.05) is 32.6 Å². The fraction of sp³-hybridized carbons (Fsp3) is 0.857. The fourth-order valence-electron chi connectivity index (χ4n) is 2.65. The highest BCUT2D eigenvalue weighted by Crippen LogP contribution is 2.37. The Balaban J connectivity index is 2.43. The van der Waals surface area contributed by atoms with Crippen molar-refractivity contribution in [3.8, 4) is 0 Å². The largest absolute Gasteiger partial charge is 0.480 e. The zero-order chi connectivity index (χ0) is 15.0. The number of urea groups is 1. The average Bonchev–Trinajstić information content (AvgIpc) is 2.45. The first-order valence-corrected chi connectivity index (χ1v) is 8.58. The molecular weight excluding hydrogens is 276 g/mol. The number of carboxylic acid groups (broad SMARTS) is 1. The molecule has 0 bridgehead atoms. The molecule has 5 nitrogen and oxygen atoms in total. The summed E-state index contributed by atoms with van der Waals surface area (Å²) >= 11 is 1.81. The number of hydrogen-bond acceptors (Lipinski definition) is 3. The Morgan fingerprint density at radius 3 is 2.45 bits per heavy atom. The number of carboxylic acids is 1. The van der Waals surface area contributed by atoms with Crippen LogP contribution in [0.2, 0.25) is 0 Å². The minimum absolute atomic E-state index is 0.124. The van der Waals surface area contributed by atoms with E-state index in [0.29, 0.717) is 13.0 Å². The van der Waals surface area contributed by atoms with Crippen LogP contribution in [-0.4, -0.2) is 40.7 Å². The topological polar surface area (TPSA) is 78.4 Å². The van der Waals surface area contributed by atoms with Crippen molar-refractivity contribution in [3.05, 3.63) is 0 Å². The van der Waals surface area contributed by atoms with E-state index in [1.807, 2.05) is 18.7 Å². The molecule has 2 amide bonds. The molecule has 6 heteroatoms. The van der Waals surface area contributed by atoms with Gasteiger partial charge >= 0.3 is 12.0 Å². The lowest BCUT2D eigenvalue weighted by molar-refractivity contribution is -0.139. The van der Waals surface area contributed by atoms with Crippen LogP contribution in [0.1, 0.15) is 51.9 Å². The monoisotopic (exact) mass is 302 g/mol. The normalized spacial score (nSPS) is 19.1. The Bertz CT molecular complexity index is 330. The van der Waals surface area contributed by atoms with Gasteiger partial charge in [0.1, 0.15) is 6.04 Å². The standard InChI is InChI=1S/C14H26N2O3S/c1-3-7-11(12(17)18)16-13(19)15-10-14(20-2)8-5-4-6-9-14/h11H,3-10H2,1-2H3,(H,17,18)(H2,15,16,19)/t11-/m1/s1. The number of carbonyl (C=O) groups is 2. The molecular formula is C14H26N2O3S. The zero-order valence-corrected chi connectivity index (χ0v) is 13.2. The Hall–Kier alpha value is -0.910. The zero-order valence-electron chi connectivity index (χ0n) is 12.4. The molecule has 1 aliphatic rings. The van der Waals surface area contributed by atoms with Crippen molar-refractivity contribution in [1.82, 2.24) is 10.6 Å². The lowest BCUT2D eigenvalue weighted by atomic mass is 9.88. The molecule has 0 saturated heterocycles. The number of nitrogens with one attached hydrogen (secondary N) is 2. The maximum Gasteiger partial charge on any atom is 0.326 e. The molecule has 1 saturated carbocycles. The summed E-state index contributed by atoms with van der Waals surface area (Å²) in [5.74, 6) is -0.973. The summed E-state index contributed by atoms with van der Waals surface area (Å²) < 4.78 is 0.124. The van der Waals surface area contributed by atoms with Crippen LogP contribution in [0, 0.1) is 0 Å². The van der Waals surface area contributed by atoms with E-state index in [1.54, 1.807) is 0 Å². The summed E-state index contributed by atoms with van der Waals surface area (Å²) in [4.78, 5) is 22.8. The molecule has 1 fully saturated rings. The second-order valence-electron chi connectivity index (χ2n) is 5.45. The summed E-state index contributed by atoms with van der Waals surface area (Å²) in [5, 5.41) is 14.4. The van der Waals surface area contributed by atoms with Crippen LogP contribution in [0.5, 0.6) is 0 Å². The van der Waals surface area contributed by atoms with Gasteiger partial charge in [0.2, 0.25) is 0 Å². The molecule has 0 unspecified atom stereocenters. The maximum atomic E-state index is 11.8. The number of carbonyl (C=O) groups excluding carboxylic acids is 1. The third-order valence-electron chi connectivity index (χ3n) is 3.95. The van der Waals surface area contributed by atoms with Crippen molar-refractivity contribution in [2.45, 2.75) is 62.7 Å². The van der Waals surface area contributed by atoms with Crippen LogP contribution in [0.25, 0.3) is 0 Å². The first-order valence-electron chi connectivity index (χ1n) is 7.35. The lowest BCUT2D eigenvalue weighted by Gasteiger charge is -2.35. The quantitative estimate of drug-likeness (QED) is 0.675. The molecule has 0 spiro atoms. The van der Waals surface area contributed by atoms with Crippen LogP contribution in [0.3, 0.4) is 0 Å². The first kappa shape index (κ1) is 17.1. The highest BCUT2D eigenvalue weighted by Gasteiger charge is 2.31. The van der Waals surface area contributed by atoms with Crippen LogP contribution >= 0.6 is 11.8 Å². The van der Waals surface area contributed by atoms with Gasteiger partial charge in [0.25, 0.3) is 0 Å². The Labute approximate surface area is 125 Å². The van der Waals surface area contributed by atoms with Gasteiger partial charge in [-0.25, -0.2) is 9.59 Å². The lowest BCUT2D eigenvalue weighted by Crippen LogP contribution is -2.50. The molecule has 0 aromatic heterocycles.